The zero-order chi connectivity index (χ0) is 12.1. The molecule has 0 aromatic carbocycles. The predicted octanol–water partition coefficient (Wildman–Crippen LogP) is 4.29. The van der Waals surface area contributed by atoms with Crippen LogP contribution in [-0.4, -0.2) is 12.6 Å². The van der Waals surface area contributed by atoms with E-state index in [1.807, 2.05) is 0 Å². The van der Waals surface area contributed by atoms with E-state index in [1.165, 1.54) is 57.9 Å². The lowest BCUT2D eigenvalue weighted by molar-refractivity contribution is 0.391. The second-order valence-corrected chi connectivity index (χ2v) is 6.12. The molecule has 1 N–H and O–H groups in total. The first-order valence-electron chi connectivity index (χ1n) is 7.73. The third-order valence-corrected chi connectivity index (χ3v) is 4.44. The number of hydrogen-bond donors (Lipinski definition) is 1. The van der Waals surface area contributed by atoms with Crippen LogP contribution >= 0.6 is 0 Å². The molecule has 2 saturated carbocycles. The average molecular weight is 235 g/mol. The van der Waals surface area contributed by atoms with Crippen LogP contribution in [0.25, 0.3) is 0 Å². The van der Waals surface area contributed by atoms with Crippen LogP contribution in [0.4, 0.5) is 0 Å². The molecule has 2 rings (SSSR count). The Morgan fingerprint density at radius 1 is 1.18 bits per heavy atom. The Balaban J connectivity index is 1.91. The molecule has 0 radical (unpaired) electrons. The summed E-state index contributed by atoms with van der Waals surface area (Å²) in [7, 11) is 0. The molecule has 0 heterocycles. The van der Waals surface area contributed by atoms with E-state index in [2.05, 4.69) is 25.2 Å². The normalized spacial score (nSPS) is 24.9. The second-order valence-electron chi connectivity index (χ2n) is 6.12. The van der Waals surface area contributed by atoms with Crippen LogP contribution in [0.15, 0.2) is 11.6 Å². The molecule has 0 aromatic rings. The maximum absolute atomic E-state index is 3.72. The van der Waals surface area contributed by atoms with E-state index >= 15 is 0 Å². The van der Waals surface area contributed by atoms with Crippen molar-refractivity contribution in [1.82, 2.24) is 5.32 Å². The topological polar surface area (TPSA) is 12.0 Å². The van der Waals surface area contributed by atoms with E-state index in [9.17, 15) is 0 Å². The molecule has 0 spiro atoms. The first-order chi connectivity index (χ1) is 8.29. The molecule has 1 unspecified atom stereocenters. The van der Waals surface area contributed by atoms with Gasteiger partial charge in [-0.25, -0.2) is 0 Å². The van der Waals surface area contributed by atoms with Gasteiger partial charge < -0.3 is 5.32 Å². The predicted molar refractivity (Wildman–Crippen MR) is 75.1 cm³/mol. The van der Waals surface area contributed by atoms with Gasteiger partial charge in [0.15, 0.2) is 0 Å². The Morgan fingerprint density at radius 3 is 2.47 bits per heavy atom. The smallest absolute Gasteiger partial charge is 0.0170 e. The quantitative estimate of drug-likeness (QED) is 0.677. The summed E-state index contributed by atoms with van der Waals surface area (Å²) in [5.41, 5.74) is 1.73. The zero-order valence-corrected chi connectivity index (χ0v) is 11.7. The fourth-order valence-corrected chi connectivity index (χ4v) is 2.85. The highest BCUT2D eigenvalue weighted by Crippen LogP contribution is 2.31. The minimum Gasteiger partial charge on any atom is -0.310 e. The molecule has 17 heavy (non-hydrogen) atoms. The van der Waals surface area contributed by atoms with Crippen LogP contribution in [-0.2, 0) is 0 Å². The molecule has 0 amide bonds. The van der Waals surface area contributed by atoms with Gasteiger partial charge in [-0.1, -0.05) is 51.2 Å². The standard InChI is InChI=1S/C16H29N/c1-3-13(2)11-15(12-17-16-9-10-16)14-7-5-4-6-8-14/h11,13-14,16-17H,3-10,12H2,1-2H3/b15-11-. The molecule has 1 nitrogen and oxygen atoms in total. The van der Waals surface area contributed by atoms with Crippen molar-refractivity contribution in [1.29, 1.82) is 0 Å². The summed E-state index contributed by atoms with van der Waals surface area (Å²) in [6, 6.07) is 0.846. The maximum Gasteiger partial charge on any atom is 0.0170 e. The third kappa shape index (κ3) is 4.46. The Labute approximate surface area is 107 Å². The van der Waals surface area contributed by atoms with Crippen molar-refractivity contribution in [2.24, 2.45) is 11.8 Å². The molecule has 0 bridgehead atoms. The van der Waals surface area contributed by atoms with Crippen molar-refractivity contribution < 1.29 is 0 Å². The van der Waals surface area contributed by atoms with Gasteiger partial charge in [-0.05, 0) is 37.5 Å². The minimum atomic E-state index is 0.757. The maximum atomic E-state index is 3.72. The molecule has 2 aliphatic carbocycles. The Kier molecular flexibility index (Phi) is 5.09. The van der Waals surface area contributed by atoms with Crippen LogP contribution in [0.2, 0.25) is 0 Å². The fourth-order valence-electron chi connectivity index (χ4n) is 2.85. The Hall–Kier alpha value is -0.300. The molecule has 0 saturated heterocycles. The Bertz CT molecular complexity index is 246. The zero-order valence-electron chi connectivity index (χ0n) is 11.7. The van der Waals surface area contributed by atoms with Gasteiger partial charge in [0.2, 0.25) is 0 Å². The van der Waals surface area contributed by atoms with E-state index in [1.54, 1.807) is 5.57 Å². The summed E-state index contributed by atoms with van der Waals surface area (Å²) in [4.78, 5) is 0. The van der Waals surface area contributed by atoms with Crippen molar-refractivity contribution in [3.05, 3.63) is 11.6 Å². The van der Waals surface area contributed by atoms with Crippen LogP contribution in [0.3, 0.4) is 0 Å². The second kappa shape index (κ2) is 6.58. The highest BCUT2D eigenvalue weighted by Gasteiger charge is 2.23. The largest absolute Gasteiger partial charge is 0.310 e. The van der Waals surface area contributed by atoms with E-state index < -0.39 is 0 Å². The fraction of sp³-hybridized carbons (Fsp3) is 0.875. The number of nitrogens with one attached hydrogen (secondary N) is 1. The van der Waals surface area contributed by atoms with Gasteiger partial charge in [-0.15, -0.1) is 0 Å². The van der Waals surface area contributed by atoms with Gasteiger partial charge >= 0.3 is 0 Å². The highest BCUT2D eigenvalue weighted by atomic mass is 14.9. The van der Waals surface area contributed by atoms with Crippen molar-refractivity contribution in [2.45, 2.75) is 71.3 Å². The molecular weight excluding hydrogens is 206 g/mol. The van der Waals surface area contributed by atoms with Crippen molar-refractivity contribution in [3.8, 4) is 0 Å². The van der Waals surface area contributed by atoms with Gasteiger partial charge in [0, 0.05) is 12.6 Å². The van der Waals surface area contributed by atoms with Gasteiger partial charge in [-0.3, -0.25) is 0 Å². The molecule has 2 aliphatic rings. The monoisotopic (exact) mass is 235 g/mol. The summed E-state index contributed by atoms with van der Waals surface area (Å²) in [6.07, 6.45) is 13.9. The summed E-state index contributed by atoms with van der Waals surface area (Å²) >= 11 is 0. The molecular formula is C16H29N. The van der Waals surface area contributed by atoms with Crippen molar-refractivity contribution in [3.63, 3.8) is 0 Å². The Morgan fingerprint density at radius 2 is 1.88 bits per heavy atom. The van der Waals surface area contributed by atoms with Gasteiger partial charge in [0.25, 0.3) is 0 Å². The van der Waals surface area contributed by atoms with E-state index in [-0.39, 0.29) is 0 Å². The molecule has 1 heteroatoms. The van der Waals surface area contributed by atoms with Gasteiger partial charge in [0.1, 0.15) is 0 Å². The molecule has 0 aromatic heterocycles. The van der Waals surface area contributed by atoms with Gasteiger partial charge in [0.05, 0.1) is 0 Å². The van der Waals surface area contributed by atoms with E-state index in [0.717, 1.165) is 17.9 Å². The van der Waals surface area contributed by atoms with Crippen LogP contribution < -0.4 is 5.32 Å². The lowest BCUT2D eigenvalue weighted by Crippen LogP contribution is -2.24. The highest BCUT2D eigenvalue weighted by molar-refractivity contribution is 5.12. The van der Waals surface area contributed by atoms with Crippen LogP contribution in [0, 0.1) is 11.8 Å². The average Bonchev–Trinajstić information content (AvgIpc) is 3.19. The first-order valence-corrected chi connectivity index (χ1v) is 7.73. The molecule has 2 fully saturated rings. The number of hydrogen-bond acceptors (Lipinski definition) is 1. The van der Waals surface area contributed by atoms with Crippen LogP contribution in [0.5, 0.6) is 0 Å². The van der Waals surface area contributed by atoms with E-state index in [4.69, 9.17) is 0 Å². The lowest BCUT2D eigenvalue weighted by Gasteiger charge is -2.26. The molecule has 98 valence electrons. The van der Waals surface area contributed by atoms with Gasteiger partial charge in [-0.2, -0.15) is 0 Å². The van der Waals surface area contributed by atoms with E-state index in [0.29, 0.717) is 0 Å². The minimum absolute atomic E-state index is 0.757. The number of allylic oxidation sites excluding steroid dienone is 1. The summed E-state index contributed by atoms with van der Waals surface area (Å²) < 4.78 is 0. The SMILES string of the molecule is CCC(C)/C=C(/CNC1CC1)C1CCCCC1. The summed E-state index contributed by atoms with van der Waals surface area (Å²) in [5, 5.41) is 3.72. The van der Waals surface area contributed by atoms with Crippen molar-refractivity contribution >= 4 is 0 Å². The van der Waals surface area contributed by atoms with Crippen LogP contribution in [0.1, 0.15) is 65.2 Å². The summed E-state index contributed by atoms with van der Waals surface area (Å²) in [5.74, 6) is 1.65. The lowest BCUT2D eigenvalue weighted by atomic mass is 9.82. The molecule has 1 atom stereocenters. The third-order valence-electron chi connectivity index (χ3n) is 4.44. The number of rotatable bonds is 6. The summed E-state index contributed by atoms with van der Waals surface area (Å²) in [6.45, 7) is 5.83. The molecule has 0 aliphatic heterocycles. The van der Waals surface area contributed by atoms with Crippen molar-refractivity contribution in [2.75, 3.05) is 6.54 Å². The first kappa shape index (κ1) is 13.1.